The largest absolute Gasteiger partial charge is 0.350 e. The number of carbonyl (C=O) groups is 1. The number of benzene rings is 1. The Morgan fingerprint density at radius 1 is 1.21 bits per heavy atom. The molecule has 0 spiro atoms. The molecule has 0 radical (unpaired) electrons. The summed E-state index contributed by atoms with van der Waals surface area (Å²) in [7, 11) is -3.61. The molecule has 1 amide bonds. The molecule has 0 aromatic heterocycles. The second kappa shape index (κ2) is 10.6. The van der Waals surface area contributed by atoms with Crippen molar-refractivity contribution in [2.45, 2.75) is 69.7 Å². The lowest BCUT2D eigenvalue weighted by molar-refractivity contribution is -0.122. The Morgan fingerprint density at radius 3 is 2.46 bits per heavy atom. The molecule has 0 bridgehead atoms. The van der Waals surface area contributed by atoms with E-state index in [2.05, 4.69) is 23.9 Å². The topological polar surface area (TPSA) is 101 Å². The first kappa shape index (κ1) is 24.9. The minimum absolute atomic E-state index is 0. The van der Waals surface area contributed by atoms with Gasteiger partial charge in [-0.3, -0.25) is 4.79 Å². The van der Waals surface area contributed by atoms with Gasteiger partial charge in [0.15, 0.2) is 0 Å². The molecule has 1 unspecified atom stereocenters. The minimum Gasteiger partial charge on any atom is -0.350 e. The van der Waals surface area contributed by atoms with Gasteiger partial charge in [0.1, 0.15) is 0 Å². The summed E-state index contributed by atoms with van der Waals surface area (Å²) < 4.78 is 27.6. The van der Waals surface area contributed by atoms with Crippen LogP contribution in [0.4, 0.5) is 0 Å². The second-order valence-corrected chi connectivity index (χ2v) is 9.96. The molecule has 1 aliphatic rings. The van der Waals surface area contributed by atoms with Crippen LogP contribution in [0.2, 0.25) is 0 Å². The molecule has 6 nitrogen and oxygen atoms in total. The van der Waals surface area contributed by atoms with Crippen molar-refractivity contribution in [1.82, 2.24) is 10.0 Å². The molecule has 0 aliphatic heterocycles. The first-order chi connectivity index (χ1) is 12.6. The van der Waals surface area contributed by atoms with Crippen LogP contribution in [0.5, 0.6) is 0 Å². The minimum atomic E-state index is -3.61. The van der Waals surface area contributed by atoms with Crippen LogP contribution < -0.4 is 15.8 Å². The lowest BCUT2D eigenvalue weighted by Crippen LogP contribution is -2.52. The zero-order valence-electron chi connectivity index (χ0n) is 17.1. The first-order valence-corrected chi connectivity index (χ1v) is 11.3. The van der Waals surface area contributed by atoms with Gasteiger partial charge >= 0.3 is 0 Å². The van der Waals surface area contributed by atoms with Gasteiger partial charge in [0, 0.05) is 25.0 Å². The predicted octanol–water partition coefficient (Wildman–Crippen LogP) is 2.54. The van der Waals surface area contributed by atoms with Crippen molar-refractivity contribution >= 4 is 28.3 Å². The summed E-state index contributed by atoms with van der Waals surface area (Å²) in [6.07, 6.45) is 5.05. The molecule has 28 heavy (non-hydrogen) atoms. The van der Waals surface area contributed by atoms with Gasteiger partial charge < -0.3 is 11.1 Å². The van der Waals surface area contributed by atoms with E-state index in [1.54, 1.807) is 12.1 Å². The van der Waals surface area contributed by atoms with E-state index in [0.29, 0.717) is 12.5 Å². The molecule has 160 valence electrons. The summed E-state index contributed by atoms with van der Waals surface area (Å²) in [6.45, 7) is 6.48. The lowest BCUT2D eigenvalue weighted by Gasteiger charge is -2.31. The molecule has 1 atom stereocenters. The number of aryl methyl sites for hydroxylation is 2. The molecule has 1 aliphatic carbocycles. The highest BCUT2D eigenvalue weighted by atomic mass is 35.5. The molecule has 1 aromatic rings. The Hall–Kier alpha value is -1.15. The van der Waals surface area contributed by atoms with E-state index in [9.17, 15) is 13.2 Å². The van der Waals surface area contributed by atoms with E-state index >= 15 is 0 Å². The number of carbonyl (C=O) groups excluding carboxylic acids is 1. The maximum absolute atomic E-state index is 12.5. The predicted molar refractivity (Wildman–Crippen MR) is 115 cm³/mol. The van der Waals surface area contributed by atoms with Crippen LogP contribution >= 0.6 is 12.4 Å². The van der Waals surface area contributed by atoms with Crippen LogP contribution in [-0.4, -0.2) is 33.0 Å². The van der Waals surface area contributed by atoms with Gasteiger partial charge in [-0.05, 0) is 68.2 Å². The third-order valence-corrected chi connectivity index (χ3v) is 6.48. The van der Waals surface area contributed by atoms with Gasteiger partial charge in [-0.25, -0.2) is 13.1 Å². The Bertz CT molecular complexity index is 768. The third-order valence-electron chi connectivity index (χ3n) is 5.02. The molecule has 8 heteroatoms. The van der Waals surface area contributed by atoms with Gasteiger partial charge in [-0.2, -0.15) is 0 Å². The normalized spacial score (nSPS) is 16.0. The van der Waals surface area contributed by atoms with Crippen LogP contribution in [-0.2, 0) is 27.7 Å². The van der Waals surface area contributed by atoms with Crippen molar-refractivity contribution in [3.63, 3.8) is 0 Å². The van der Waals surface area contributed by atoms with Gasteiger partial charge in [-0.1, -0.05) is 19.9 Å². The van der Waals surface area contributed by atoms with Crippen LogP contribution in [0.1, 0.15) is 57.6 Å². The fourth-order valence-electron chi connectivity index (χ4n) is 3.74. The number of sulfonamides is 1. The number of amides is 1. The van der Waals surface area contributed by atoms with E-state index in [-0.39, 0.29) is 36.2 Å². The molecule has 0 saturated heterocycles. The van der Waals surface area contributed by atoms with Crippen molar-refractivity contribution in [2.75, 3.05) is 13.1 Å². The van der Waals surface area contributed by atoms with Crippen LogP contribution in [0.3, 0.4) is 0 Å². The summed E-state index contributed by atoms with van der Waals surface area (Å²) in [6, 6.07) is 5.33. The van der Waals surface area contributed by atoms with Crippen LogP contribution in [0, 0.1) is 5.92 Å². The van der Waals surface area contributed by atoms with Crippen molar-refractivity contribution in [3.05, 3.63) is 29.3 Å². The average Bonchev–Trinajstić information content (AvgIpc) is 2.60. The highest BCUT2D eigenvalue weighted by molar-refractivity contribution is 7.89. The number of hydrogen-bond acceptors (Lipinski definition) is 4. The van der Waals surface area contributed by atoms with Gasteiger partial charge in [0.2, 0.25) is 15.9 Å². The molecule has 0 heterocycles. The monoisotopic (exact) mass is 431 g/mol. The zero-order chi connectivity index (χ0) is 20.1. The molecule has 0 fully saturated rings. The van der Waals surface area contributed by atoms with E-state index in [1.165, 1.54) is 5.56 Å². The van der Waals surface area contributed by atoms with Crippen molar-refractivity contribution in [1.29, 1.82) is 0 Å². The summed E-state index contributed by atoms with van der Waals surface area (Å²) in [4.78, 5) is 12.5. The maximum atomic E-state index is 12.5. The van der Waals surface area contributed by atoms with Gasteiger partial charge in [0.25, 0.3) is 0 Å². The molecule has 1 aromatic carbocycles. The first-order valence-electron chi connectivity index (χ1n) is 9.78. The Labute approximate surface area is 175 Å². The number of nitrogens with one attached hydrogen (secondary N) is 2. The zero-order valence-corrected chi connectivity index (χ0v) is 18.7. The standard InChI is InChI=1S/C20H33N3O3S.ClH/c1-15(2)13-20(3,14-21)23-19(24)10-11-22-27(25,26)18-9-8-16-6-4-5-7-17(16)12-18;/h8-9,12,15,22H,4-7,10-11,13-14,21H2,1-3H3,(H,23,24);1H. The molecule has 2 rings (SSSR count). The van der Waals surface area contributed by atoms with Gasteiger partial charge in [0.05, 0.1) is 4.90 Å². The van der Waals surface area contributed by atoms with E-state index in [1.807, 2.05) is 13.0 Å². The average molecular weight is 432 g/mol. The summed E-state index contributed by atoms with van der Waals surface area (Å²) in [5.74, 6) is 0.207. The highest BCUT2D eigenvalue weighted by Gasteiger charge is 2.26. The fraction of sp³-hybridized carbons (Fsp3) is 0.650. The number of halogens is 1. The molecular formula is C20H34ClN3O3S. The number of rotatable bonds is 9. The SMILES string of the molecule is CC(C)CC(C)(CN)NC(=O)CCNS(=O)(=O)c1ccc2c(c1)CCCC2.Cl. The quantitative estimate of drug-likeness (QED) is 0.559. The Balaban J connectivity index is 0.00000392. The smallest absolute Gasteiger partial charge is 0.240 e. The summed E-state index contributed by atoms with van der Waals surface area (Å²) in [5, 5.41) is 2.94. The van der Waals surface area contributed by atoms with Gasteiger partial charge in [-0.15, -0.1) is 12.4 Å². The number of nitrogens with two attached hydrogens (primary N) is 1. The van der Waals surface area contributed by atoms with Crippen LogP contribution in [0.15, 0.2) is 23.1 Å². The van der Waals surface area contributed by atoms with E-state index in [0.717, 1.165) is 37.7 Å². The highest BCUT2D eigenvalue weighted by Crippen LogP contribution is 2.24. The second-order valence-electron chi connectivity index (χ2n) is 8.20. The molecule has 4 N–H and O–H groups in total. The van der Waals surface area contributed by atoms with E-state index in [4.69, 9.17) is 5.73 Å². The van der Waals surface area contributed by atoms with Crippen molar-refractivity contribution < 1.29 is 13.2 Å². The number of hydrogen-bond donors (Lipinski definition) is 3. The van der Waals surface area contributed by atoms with Crippen molar-refractivity contribution in [3.8, 4) is 0 Å². The third kappa shape index (κ3) is 7.03. The van der Waals surface area contributed by atoms with Crippen molar-refractivity contribution in [2.24, 2.45) is 11.7 Å². The van der Waals surface area contributed by atoms with Crippen LogP contribution in [0.25, 0.3) is 0 Å². The molecule has 0 saturated carbocycles. The maximum Gasteiger partial charge on any atom is 0.240 e. The fourth-order valence-corrected chi connectivity index (χ4v) is 4.83. The Morgan fingerprint density at radius 2 is 1.86 bits per heavy atom. The Kier molecular flexibility index (Phi) is 9.40. The number of fused-ring (bicyclic) bond motifs is 1. The lowest BCUT2D eigenvalue weighted by atomic mass is 9.90. The summed E-state index contributed by atoms with van der Waals surface area (Å²) >= 11 is 0. The molecular weight excluding hydrogens is 398 g/mol. The summed E-state index contributed by atoms with van der Waals surface area (Å²) in [5.41, 5.74) is 7.70. The van der Waals surface area contributed by atoms with E-state index < -0.39 is 15.6 Å².